The van der Waals surface area contributed by atoms with Gasteiger partial charge in [0.25, 0.3) is 0 Å². The van der Waals surface area contributed by atoms with E-state index >= 15 is 0 Å². The van der Waals surface area contributed by atoms with E-state index in [0.29, 0.717) is 19.1 Å². The number of ether oxygens (including phenoxy) is 1. The second-order valence-corrected chi connectivity index (χ2v) is 5.05. The van der Waals surface area contributed by atoms with Crippen molar-refractivity contribution in [3.05, 3.63) is 11.6 Å². The maximum absolute atomic E-state index is 11.5. The first-order valence-electron chi connectivity index (χ1n) is 7.64. The number of nitrogens with one attached hydrogen (secondary N) is 3. The third-order valence-electron chi connectivity index (χ3n) is 3.39. The lowest BCUT2D eigenvalue weighted by Crippen LogP contribution is -2.44. The molecule has 128 valence electrons. The van der Waals surface area contributed by atoms with E-state index in [1.807, 2.05) is 0 Å². The van der Waals surface area contributed by atoms with Gasteiger partial charge >= 0.3 is 0 Å². The highest BCUT2D eigenvalue weighted by Gasteiger charge is 2.05. The SMILES string of the molecule is CN=C(NCCC1=CCCCC1)NCC(=O)NCCOC.I. The average molecular weight is 424 g/mol. The average Bonchev–Trinajstić information content (AvgIpc) is 2.52. The number of methoxy groups -OCH3 is 1. The third kappa shape index (κ3) is 9.99. The van der Waals surface area contributed by atoms with Gasteiger partial charge < -0.3 is 20.7 Å². The fourth-order valence-corrected chi connectivity index (χ4v) is 2.21. The summed E-state index contributed by atoms with van der Waals surface area (Å²) >= 11 is 0. The number of nitrogens with zero attached hydrogens (tertiary/aromatic N) is 1. The molecule has 0 radical (unpaired) electrons. The van der Waals surface area contributed by atoms with Crippen LogP contribution in [0.25, 0.3) is 0 Å². The Morgan fingerprint density at radius 3 is 2.73 bits per heavy atom. The van der Waals surface area contributed by atoms with Crippen molar-refractivity contribution in [2.45, 2.75) is 32.1 Å². The number of amides is 1. The second-order valence-electron chi connectivity index (χ2n) is 5.05. The van der Waals surface area contributed by atoms with Crippen LogP contribution in [-0.2, 0) is 9.53 Å². The van der Waals surface area contributed by atoms with E-state index in [0.717, 1.165) is 13.0 Å². The Kier molecular flexibility index (Phi) is 13.3. The van der Waals surface area contributed by atoms with E-state index in [1.165, 1.54) is 31.3 Å². The molecule has 6 nitrogen and oxygen atoms in total. The van der Waals surface area contributed by atoms with E-state index in [-0.39, 0.29) is 36.4 Å². The van der Waals surface area contributed by atoms with Gasteiger partial charge in [0.15, 0.2) is 5.96 Å². The van der Waals surface area contributed by atoms with Crippen molar-refractivity contribution < 1.29 is 9.53 Å². The Balaban J connectivity index is 0.00000441. The fourth-order valence-electron chi connectivity index (χ4n) is 2.21. The molecule has 1 rings (SSSR count). The standard InChI is InChI=1S/C15H28N4O2.HI/c1-16-15(19-12-14(20)17-10-11-21-2)18-9-8-13-6-4-3-5-7-13;/h6H,3-5,7-12H2,1-2H3,(H,17,20)(H2,16,18,19);1H. The molecule has 0 fully saturated rings. The molecular weight excluding hydrogens is 395 g/mol. The highest BCUT2D eigenvalue weighted by Crippen LogP contribution is 2.19. The summed E-state index contributed by atoms with van der Waals surface area (Å²) in [6, 6.07) is 0. The van der Waals surface area contributed by atoms with Crippen LogP contribution in [0.5, 0.6) is 0 Å². The zero-order valence-electron chi connectivity index (χ0n) is 13.6. The Morgan fingerprint density at radius 2 is 2.09 bits per heavy atom. The summed E-state index contributed by atoms with van der Waals surface area (Å²) in [4.78, 5) is 15.6. The first-order valence-corrected chi connectivity index (χ1v) is 7.64. The van der Waals surface area contributed by atoms with Crippen LogP contribution in [0.15, 0.2) is 16.6 Å². The van der Waals surface area contributed by atoms with Gasteiger partial charge in [-0.15, -0.1) is 24.0 Å². The van der Waals surface area contributed by atoms with Gasteiger partial charge in [0, 0.05) is 27.2 Å². The largest absolute Gasteiger partial charge is 0.383 e. The van der Waals surface area contributed by atoms with Crippen LogP contribution in [0, 0.1) is 0 Å². The van der Waals surface area contributed by atoms with Crippen LogP contribution in [0.3, 0.4) is 0 Å². The van der Waals surface area contributed by atoms with Crippen LogP contribution in [0.4, 0.5) is 0 Å². The molecule has 0 unspecified atom stereocenters. The molecule has 1 aliphatic carbocycles. The highest BCUT2D eigenvalue weighted by molar-refractivity contribution is 14.0. The predicted molar refractivity (Wildman–Crippen MR) is 101 cm³/mol. The summed E-state index contributed by atoms with van der Waals surface area (Å²) in [7, 11) is 3.32. The molecule has 22 heavy (non-hydrogen) atoms. The van der Waals surface area contributed by atoms with Gasteiger partial charge in [-0.1, -0.05) is 11.6 Å². The van der Waals surface area contributed by atoms with Crippen LogP contribution >= 0.6 is 24.0 Å². The maximum Gasteiger partial charge on any atom is 0.239 e. The van der Waals surface area contributed by atoms with E-state index < -0.39 is 0 Å². The number of halogens is 1. The second kappa shape index (κ2) is 13.8. The number of hydrogen-bond acceptors (Lipinski definition) is 3. The Hall–Kier alpha value is -0.830. The van der Waals surface area contributed by atoms with Crippen molar-refractivity contribution in [3.8, 4) is 0 Å². The lowest BCUT2D eigenvalue weighted by molar-refractivity contribution is -0.120. The molecule has 0 bridgehead atoms. The van der Waals surface area contributed by atoms with Gasteiger partial charge in [0.2, 0.25) is 5.91 Å². The molecule has 0 saturated carbocycles. The minimum absolute atomic E-state index is 0. The summed E-state index contributed by atoms with van der Waals surface area (Å²) in [6.45, 7) is 2.11. The number of hydrogen-bond donors (Lipinski definition) is 3. The smallest absolute Gasteiger partial charge is 0.239 e. The van der Waals surface area contributed by atoms with Gasteiger partial charge in [0.1, 0.15) is 0 Å². The van der Waals surface area contributed by atoms with Crippen LogP contribution < -0.4 is 16.0 Å². The van der Waals surface area contributed by atoms with E-state index in [1.54, 1.807) is 14.2 Å². The molecule has 3 N–H and O–H groups in total. The quantitative estimate of drug-likeness (QED) is 0.181. The molecule has 0 aromatic carbocycles. The van der Waals surface area contributed by atoms with Gasteiger partial charge in [-0.3, -0.25) is 9.79 Å². The highest BCUT2D eigenvalue weighted by atomic mass is 127. The lowest BCUT2D eigenvalue weighted by atomic mass is 9.97. The minimum Gasteiger partial charge on any atom is -0.383 e. The summed E-state index contributed by atoms with van der Waals surface area (Å²) in [5.74, 6) is 0.596. The van der Waals surface area contributed by atoms with Crippen molar-refractivity contribution in [1.82, 2.24) is 16.0 Å². The monoisotopic (exact) mass is 424 g/mol. The molecule has 0 heterocycles. The summed E-state index contributed by atoms with van der Waals surface area (Å²) in [6.07, 6.45) is 8.45. The van der Waals surface area contributed by atoms with Gasteiger partial charge in [0.05, 0.1) is 13.2 Å². The zero-order chi connectivity index (χ0) is 15.3. The third-order valence-corrected chi connectivity index (χ3v) is 3.39. The van der Waals surface area contributed by atoms with Crippen molar-refractivity contribution in [1.29, 1.82) is 0 Å². The van der Waals surface area contributed by atoms with Gasteiger partial charge in [-0.2, -0.15) is 0 Å². The van der Waals surface area contributed by atoms with Gasteiger partial charge in [-0.05, 0) is 32.1 Å². The molecule has 1 amide bonds. The zero-order valence-corrected chi connectivity index (χ0v) is 15.9. The molecule has 0 aliphatic heterocycles. The normalized spacial score (nSPS) is 14.6. The fraction of sp³-hybridized carbons (Fsp3) is 0.733. The molecule has 0 aromatic rings. The molecule has 0 aromatic heterocycles. The minimum atomic E-state index is -0.0648. The van der Waals surface area contributed by atoms with Gasteiger partial charge in [-0.25, -0.2) is 0 Å². The molecular formula is C15H29IN4O2. The van der Waals surface area contributed by atoms with Crippen molar-refractivity contribution in [3.63, 3.8) is 0 Å². The van der Waals surface area contributed by atoms with Crippen molar-refractivity contribution in [2.75, 3.05) is 40.4 Å². The number of rotatable bonds is 8. The number of allylic oxidation sites excluding steroid dienone is 1. The number of carbonyl (C=O) groups excluding carboxylic acids is 1. The van der Waals surface area contributed by atoms with Crippen LogP contribution in [0.1, 0.15) is 32.1 Å². The van der Waals surface area contributed by atoms with E-state index in [4.69, 9.17) is 4.74 Å². The topological polar surface area (TPSA) is 74.8 Å². The first kappa shape index (κ1) is 21.2. The Labute approximate surface area is 150 Å². The lowest BCUT2D eigenvalue weighted by Gasteiger charge is -2.15. The summed E-state index contributed by atoms with van der Waals surface area (Å²) in [5, 5.41) is 8.99. The van der Waals surface area contributed by atoms with Crippen LogP contribution in [0.2, 0.25) is 0 Å². The predicted octanol–water partition coefficient (Wildman–Crippen LogP) is 1.42. The number of guanidine groups is 1. The first-order chi connectivity index (χ1) is 10.3. The van der Waals surface area contributed by atoms with Crippen molar-refractivity contribution >= 4 is 35.8 Å². The van der Waals surface area contributed by atoms with E-state index in [9.17, 15) is 4.79 Å². The summed E-state index contributed by atoms with van der Waals surface area (Å²) < 4.78 is 4.87. The number of aliphatic imine (C=N–C) groups is 1. The molecule has 0 saturated heterocycles. The maximum atomic E-state index is 11.5. The summed E-state index contributed by atoms with van der Waals surface area (Å²) in [5.41, 5.74) is 1.53. The Morgan fingerprint density at radius 1 is 1.27 bits per heavy atom. The Bertz CT molecular complexity index is 373. The van der Waals surface area contributed by atoms with Crippen molar-refractivity contribution in [2.24, 2.45) is 4.99 Å². The molecule has 1 aliphatic rings. The number of carbonyl (C=O) groups is 1. The van der Waals surface area contributed by atoms with Crippen LogP contribution in [-0.4, -0.2) is 52.3 Å². The molecule has 0 atom stereocenters. The molecule has 0 spiro atoms. The molecule has 7 heteroatoms. The van der Waals surface area contributed by atoms with E-state index in [2.05, 4.69) is 27.0 Å².